The van der Waals surface area contributed by atoms with Crippen LogP contribution in [0.3, 0.4) is 0 Å². The molecule has 1 aliphatic heterocycles. The van der Waals surface area contributed by atoms with Crippen LogP contribution in [0.5, 0.6) is 11.5 Å². The van der Waals surface area contributed by atoms with Gasteiger partial charge in [-0.1, -0.05) is 15.9 Å². The summed E-state index contributed by atoms with van der Waals surface area (Å²) in [5.41, 5.74) is 7.83. The van der Waals surface area contributed by atoms with E-state index in [-0.39, 0.29) is 6.61 Å². The van der Waals surface area contributed by atoms with Crippen molar-refractivity contribution in [3.8, 4) is 11.5 Å². The lowest BCUT2D eigenvalue weighted by Crippen LogP contribution is -2.44. The van der Waals surface area contributed by atoms with Crippen molar-refractivity contribution in [2.75, 3.05) is 6.61 Å². The zero-order valence-electron chi connectivity index (χ0n) is 10.4. The fraction of sp³-hybridized carbons (Fsp3) is 0.214. The van der Waals surface area contributed by atoms with Crippen molar-refractivity contribution in [1.29, 1.82) is 0 Å². The Morgan fingerprint density at radius 1 is 1.32 bits per heavy atom. The first-order valence-corrected chi connectivity index (χ1v) is 6.68. The third kappa shape index (κ3) is 1.85. The summed E-state index contributed by atoms with van der Waals surface area (Å²) in [5.74, 6) is 1.25. The zero-order valence-corrected chi connectivity index (χ0v) is 11.9. The van der Waals surface area contributed by atoms with Crippen molar-refractivity contribution in [3.05, 3.63) is 51.8 Å². The van der Waals surface area contributed by atoms with Gasteiger partial charge in [0.25, 0.3) is 0 Å². The predicted octanol–water partition coefficient (Wildman–Crippen LogP) is 2.45. The molecule has 0 radical (unpaired) electrons. The normalized spacial score (nSPS) is 20.4. The number of nitrogens with two attached hydrogens (primary N) is 1. The van der Waals surface area contributed by atoms with Crippen molar-refractivity contribution in [2.45, 2.75) is 12.5 Å². The Morgan fingerprint density at radius 3 is 2.79 bits per heavy atom. The third-order valence-corrected chi connectivity index (χ3v) is 3.87. The number of aliphatic hydroxyl groups excluding tert-OH is 1. The van der Waals surface area contributed by atoms with Crippen molar-refractivity contribution >= 4 is 15.9 Å². The fourth-order valence-corrected chi connectivity index (χ4v) is 2.71. The number of fused-ring (bicyclic) bond motifs is 2. The summed E-state index contributed by atoms with van der Waals surface area (Å²) in [5, 5.41) is 9.81. The zero-order chi connectivity index (χ0) is 13.6. The number of hydrogen-bond acceptors (Lipinski definition) is 4. The van der Waals surface area contributed by atoms with Gasteiger partial charge in [-0.2, -0.15) is 0 Å². The van der Waals surface area contributed by atoms with Crippen LogP contribution < -0.4 is 10.5 Å². The van der Waals surface area contributed by atoms with Crippen LogP contribution in [0.4, 0.5) is 0 Å². The number of rotatable bonds is 1. The quantitative estimate of drug-likeness (QED) is 0.847. The highest BCUT2D eigenvalue weighted by Gasteiger charge is 2.39. The number of aryl methyl sites for hydroxylation is 1. The van der Waals surface area contributed by atoms with E-state index in [0.717, 1.165) is 21.3 Å². The van der Waals surface area contributed by atoms with Crippen molar-refractivity contribution in [3.63, 3.8) is 0 Å². The monoisotopic (exact) mass is 320 g/mol. The van der Waals surface area contributed by atoms with Crippen molar-refractivity contribution in [1.82, 2.24) is 4.98 Å². The van der Waals surface area contributed by atoms with Gasteiger partial charge < -0.3 is 15.6 Å². The smallest absolute Gasteiger partial charge is 0.151 e. The molecule has 0 spiro atoms. The van der Waals surface area contributed by atoms with Gasteiger partial charge in [0.1, 0.15) is 5.75 Å². The SMILES string of the molecule is Cc1cc2c(cn1)Oc1ccc(Br)cc1C2(N)CO. The average molecular weight is 321 g/mol. The van der Waals surface area contributed by atoms with E-state index < -0.39 is 5.54 Å². The first-order chi connectivity index (χ1) is 9.04. The maximum atomic E-state index is 9.81. The summed E-state index contributed by atoms with van der Waals surface area (Å²) in [6, 6.07) is 7.45. The molecular formula is C14H13BrN2O2. The summed E-state index contributed by atoms with van der Waals surface area (Å²) in [4.78, 5) is 4.21. The van der Waals surface area contributed by atoms with Gasteiger partial charge in [0.2, 0.25) is 0 Å². The van der Waals surface area contributed by atoms with E-state index in [1.807, 2.05) is 31.2 Å². The second-order valence-electron chi connectivity index (χ2n) is 4.69. The minimum Gasteiger partial charge on any atom is -0.455 e. The third-order valence-electron chi connectivity index (χ3n) is 3.38. The summed E-state index contributed by atoms with van der Waals surface area (Å²) < 4.78 is 6.71. The molecule has 4 nitrogen and oxygen atoms in total. The van der Waals surface area contributed by atoms with Gasteiger partial charge in [-0.25, -0.2) is 0 Å². The summed E-state index contributed by atoms with van der Waals surface area (Å²) in [7, 11) is 0. The van der Waals surface area contributed by atoms with Crippen LogP contribution in [0.2, 0.25) is 0 Å². The number of hydrogen-bond donors (Lipinski definition) is 2. The molecule has 19 heavy (non-hydrogen) atoms. The summed E-state index contributed by atoms with van der Waals surface area (Å²) in [6.07, 6.45) is 1.65. The predicted molar refractivity (Wildman–Crippen MR) is 75.2 cm³/mol. The molecule has 0 saturated carbocycles. The van der Waals surface area contributed by atoms with E-state index in [2.05, 4.69) is 20.9 Å². The maximum Gasteiger partial charge on any atom is 0.151 e. The number of aliphatic hydroxyl groups is 1. The van der Waals surface area contributed by atoms with Gasteiger partial charge in [0.15, 0.2) is 5.75 Å². The van der Waals surface area contributed by atoms with Crippen LogP contribution in [0.25, 0.3) is 0 Å². The van der Waals surface area contributed by atoms with Gasteiger partial charge >= 0.3 is 0 Å². The Hall–Kier alpha value is -1.43. The Balaban J connectivity index is 2.29. The van der Waals surface area contributed by atoms with Crippen molar-refractivity contribution in [2.24, 2.45) is 5.73 Å². The molecule has 1 aromatic carbocycles. The van der Waals surface area contributed by atoms with E-state index in [9.17, 15) is 5.11 Å². The van der Waals surface area contributed by atoms with E-state index in [1.54, 1.807) is 6.20 Å². The van der Waals surface area contributed by atoms with E-state index in [0.29, 0.717) is 11.5 Å². The molecule has 3 rings (SSSR count). The van der Waals surface area contributed by atoms with Crippen LogP contribution >= 0.6 is 15.9 Å². The average Bonchev–Trinajstić information content (AvgIpc) is 2.41. The summed E-state index contributed by atoms with van der Waals surface area (Å²) >= 11 is 3.42. The Labute approximate surface area is 119 Å². The lowest BCUT2D eigenvalue weighted by atomic mass is 9.82. The van der Waals surface area contributed by atoms with Gasteiger partial charge in [0.05, 0.1) is 18.3 Å². The molecule has 0 amide bonds. The molecule has 0 saturated heterocycles. The molecule has 0 fully saturated rings. The summed E-state index contributed by atoms with van der Waals surface area (Å²) in [6.45, 7) is 1.69. The largest absolute Gasteiger partial charge is 0.455 e. The molecule has 2 heterocycles. The Morgan fingerprint density at radius 2 is 2.05 bits per heavy atom. The van der Waals surface area contributed by atoms with Gasteiger partial charge in [-0.15, -0.1) is 0 Å². The van der Waals surface area contributed by atoms with Gasteiger partial charge in [-0.05, 0) is 31.2 Å². The lowest BCUT2D eigenvalue weighted by molar-refractivity contribution is 0.211. The highest BCUT2D eigenvalue weighted by molar-refractivity contribution is 9.10. The number of halogens is 1. The number of benzene rings is 1. The van der Waals surface area contributed by atoms with Crippen LogP contribution in [-0.2, 0) is 5.54 Å². The fourth-order valence-electron chi connectivity index (χ4n) is 2.35. The number of nitrogens with zero attached hydrogens (tertiary/aromatic N) is 1. The van der Waals surface area contributed by atoms with Crippen LogP contribution in [0, 0.1) is 6.92 Å². The van der Waals surface area contributed by atoms with E-state index in [4.69, 9.17) is 10.5 Å². The number of aromatic nitrogens is 1. The molecule has 98 valence electrons. The van der Waals surface area contributed by atoms with E-state index in [1.165, 1.54) is 0 Å². The van der Waals surface area contributed by atoms with Crippen LogP contribution in [-0.4, -0.2) is 16.7 Å². The highest BCUT2D eigenvalue weighted by atomic mass is 79.9. The molecule has 1 aromatic heterocycles. The molecule has 2 aromatic rings. The molecule has 1 atom stereocenters. The number of ether oxygens (including phenoxy) is 1. The molecular weight excluding hydrogens is 308 g/mol. The van der Waals surface area contributed by atoms with Crippen molar-refractivity contribution < 1.29 is 9.84 Å². The minimum atomic E-state index is -0.972. The maximum absolute atomic E-state index is 9.81. The highest BCUT2D eigenvalue weighted by Crippen LogP contribution is 2.45. The minimum absolute atomic E-state index is 0.198. The molecule has 1 aliphatic rings. The molecule has 5 heteroatoms. The number of pyridine rings is 1. The van der Waals surface area contributed by atoms with Crippen LogP contribution in [0.1, 0.15) is 16.8 Å². The van der Waals surface area contributed by atoms with Gasteiger partial charge in [0, 0.05) is 21.3 Å². The van der Waals surface area contributed by atoms with Gasteiger partial charge in [-0.3, -0.25) is 4.98 Å². The molecule has 1 unspecified atom stereocenters. The lowest BCUT2D eigenvalue weighted by Gasteiger charge is -2.35. The topological polar surface area (TPSA) is 68.4 Å². The second kappa shape index (κ2) is 4.30. The van der Waals surface area contributed by atoms with E-state index >= 15 is 0 Å². The Bertz CT molecular complexity index is 606. The second-order valence-corrected chi connectivity index (χ2v) is 5.61. The Kier molecular flexibility index (Phi) is 2.85. The van der Waals surface area contributed by atoms with Crippen LogP contribution in [0.15, 0.2) is 34.9 Å². The first kappa shape index (κ1) is 12.6. The molecule has 0 bridgehead atoms. The first-order valence-electron chi connectivity index (χ1n) is 5.89. The standard InChI is InChI=1S/C14H13BrN2O2/c1-8-4-10-13(6-17-8)19-12-3-2-9(15)5-11(12)14(10,16)7-18/h2-6,18H,7,16H2,1H3. The molecule has 0 aliphatic carbocycles. The molecule has 3 N–H and O–H groups in total.